The van der Waals surface area contributed by atoms with Gasteiger partial charge in [0.1, 0.15) is 0 Å². The van der Waals surface area contributed by atoms with Gasteiger partial charge in [0, 0.05) is 44.9 Å². The first-order chi connectivity index (χ1) is 13.0. The third-order valence-electron chi connectivity index (χ3n) is 5.94. The Labute approximate surface area is 161 Å². The van der Waals surface area contributed by atoms with Crippen LogP contribution >= 0.6 is 11.3 Å². The fraction of sp³-hybridized carbons (Fsp3) is 0.450. The summed E-state index contributed by atoms with van der Waals surface area (Å²) < 4.78 is 0. The molecular formula is C20H23N3O3S. The van der Waals surface area contributed by atoms with Crippen LogP contribution in [0.25, 0.3) is 0 Å². The second-order valence-electron chi connectivity index (χ2n) is 7.59. The molecule has 0 bridgehead atoms. The Balaban J connectivity index is 1.39. The van der Waals surface area contributed by atoms with Crippen LogP contribution in [0.15, 0.2) is 40.0 Å². The van der Waals surface area contributed by atoms with Crippen molar-refractivity contribution in [2.45, 2.75) is 38.8 Å². The molecule has 1 spiro atoms. The predicted molar refractivity (Wildman–Crippen MR) is 104 cm³/mol. The SMILES string of the molecule is CC(=O)N(Cc1ccsc1)[C@@H]1CC12CCN(C(=O)c1ccc(=O)[nH]c1)CC2. The van der Waals surface area contributed by atoms with E-state index in [0.717, 1.165) is 19.3 Å². The highest BCUT2D eigenvalue weighted by atomic mass is 32.1. The maximum Gasteiger partial charge on any atom is 0.255 e. The Hall–Kier alpha value is -2.41. The van der Waals surface area contributed by atoms with Gasteiger partial charge in [-0.15, -0.1) is 0 Å². The van der Waals surface area contributed by atoms with Gasteiger partial charge < -0.3 is 14.8 Å². The summed E-state index contributed by atoms with van der Waals surface area (Å²) in [5.74, 6) is 0.0785. The standard InChI is InChI=1S/C20H23N3O3S/c1-14(24)23(12-15-4-9-27-13-15)17-10-20(17)5-7-22(8-6-20)19(26)16-2-3-18(25)21-11-16/h2-4,9,11,13,17H,5-8,10,12H2,1H3,(H,21,25)/t17-/m1/s1. The van der Waals surface area contributed by atoms with Crippen LogP contribution < -0.4 is 5.56 Å². The number of nitrogens with one attached hydrogen (secondary N) is 1. The summed E-state index contributed by atoms with van der Waals surface area (Å²) in [6, 6.07) is 5.30. The highest BCUT2D eigenvalue weighted by Crippen LogP contribution is 2.57. The van der Waals surface area contributed by atoms with Crippen LogP contribution in [0.2, 0.25) is 0 Å². The van der Waals surface area contributed by atoms with Crippen molar-refractivity contribution in [3.63, 3.8) is 0 Å². The van der Waals surface area contributed by atoms with E-state index in [1.165, 1.54) is 17.8 Å². The van der Waals surface area contributed by atoms with Crippen molar-refractivity contribution in [2.24, 2.45) is 5.41 Å². The van der Waals surface area contributed by atoms with Crippen LogP contribution in [0.4, 0.5) is 0 Å². The Morgan fingerprint density at radius 2 is 2.07 bits per heavy atom. The fourth-order valence-electron chi connectivity index (χ4n) is 4.21. The van der Waals surface area contributed by atoms with Crippen molar-refractivity contribution in [1.29, 1.82) is 0 Å². The molecule has 3 heterocycles. The lowest BCUT2D eigenvalue weighted by Gasteiger charge is -2.34. The van der Waals surface area contributed by atoms with E-state index in [1.807, 2.05) is 15.2 Å². The number of pyridine rings is 1. The quantitative estimate of drug-likeness (QED) is 0.879. The summed E-state index contributed by atoms with van der Waals surface area (Å²) in [7, 11) is 0. The molecule has 1 aliphatic carbocycles. The molecule has 1 saturated carbocycles. The van der Waals surface area contributed by atoms with Gasteiger partial charge in [-0.1, -0.05) is 0 Å². The topological polar surface area (TPSA) is 73.5 Å². The van der Waals surface area contributed by atoms with Gasteiger partial charge in [0.05, 0.1) is 5.56 Å². The van der Waals surface area contributed by atoms with Crippen LogP contribution in [0.5, 0.6) is 0 Å². The van der Waals surface area contributed by atoms with Crippen LogP contribution in [0.3, 0.4) is 0 Å². The Morgan fingerprint density at radius 3 is 2.67 bits per heavy atom. The highest BCUT2D eigenvalue weighted by Gasteiger charge is 2.58. The summed E-state index contributed by atoms with van der Waals surface area (Å²) >= 11 is 1.65. The summed E-state index contributed by atoms with van der Waals surface area (Å²) in [4.78, 5) is 42.4. The smallest absolute Gasteiger partial charge is 0.255 e. The fourth-order valence-corrected chi connectivity index (χ4v) is 4.87. The Bertz CT molecular complexity index is 877. The molecule has 1 saturated heterocycles. The van der Waals surface area contributed by atoms with Gasteiger partial charge >= 0.3 is 0 Å². The van der Waals surface area contributed by atoms with Crippen molar-refractivity contribution in [3.8, 4) is 0 Å². The number of aromatic amines is 1. The number of H-pyrrole nitrogens is 1. The van der Waals surface area contributed by atoms with Crippen LogP contribution in [-0.4, -0.2) is 45.7 Å². The molecule has 1 atom stereocenters. The predicted octanol–water partition coefficient (Wildman–Crippen LogP) is 2.48. The van der Waals surface area contributed by atoms with Crippen molar-refractivity contribution in [2.75, 3.05) is 13.1 Å². The molecule has 0 aromatic carbocycles. The molecule has 6 nitrogen and oxygen atoms in total. The number of hydrogen-bond acceptors (Lipinski definition) is 4. The molecule has 2 aromatic heterocycles. The molecule has 1 aliphatic heterocycles. The Morgan fingerprint density at radius 1 is 1.30 bits per heavy atom. The number of rotatable bonds is 4. The molecule has 2 amide bonds. The van der Waals surface area contributed by atoms with Crippen molar-refractivity contribution in [1.82, 2.24) is 14.8 Å². The number of hydrogen-bond donors (Lipinski definition) is 1. The third-order valence-corrected chi connectivity index (χ3v) is 6.67. The minimum Gasteiger partial charge on any atom is -0.339 e. The van der Waals surface area contributed by atoms with E-state index in [2.05, 4.69) is 16.4 Å². The van der Waals surface area contributed by atoms with E-state index in [9.17, 15) is 14.4 Å². The van der Waals surface area contributed by atoms with Crippen molar-refractivity contribution >= 4 is 23.2 Å². The summed E-state index contributed by atoms with van der Waals surface area (Å²) in [6.07, 6.45) is 4.34. The first-order valence-electron chi connectivity index (χ1n) is 9.25. The van der Waals surface area contributed by atoms with Crippen molar-refractivity contribution in [3.05, 3.63) is 56.6 Å². The maximum absolute atomic E-state index is 12.6. The average molecular weight is 385 g/mol. The molecule has 1 N–H and O–H groups in total. The largest absolute Gasteiger partial charge is 0.339 e. The van der Waals surface area contributed by atoms with E-state index >= 15 is 0 Å². The van der Waals surface area contributed by atoms with Crippen LogP contribution in [-0.2, 0) is 11.3 Å². The first-order valence-corrected chi connectivity index (χ1v) is 10.2. The second-order valence-corrected chi connectivity index (χ2v) is 8.37. The number of amides is 2. The normalized spacial score (nSPS) is 20.5. The molecule has 0 radical (unpaired) electrons. The third kappa shape index (κ3) is 3.56. The monoisotopic (exact) mass is 385 g/mol. The molecular weight excluding hydrogens is 362 g/mol. The van der Waals surface area contributed by atoms with Gasteiger partial charge in [0.2, 0.25) is 11.5 Å². The maximum atomic E-state index is 12.6. The lowest BCUT2D eigenvalue weighted by Crippen LogP contribution is -2.42. The second kappa shape index (κ2) is 6.96. The zero-order valence-corrected chi connectivity index (χ0v) is 16.1. The van der Waals surface area contributed by atoms with Crippen molar-refractivity contribution < 1.29 is 9.59 Å². The molecule has 2 fully saturated rings. The van der Waals surface area contributed by atoms with Gasteiger partial charge in [0.25, 0.3) is 5.91 Å². The number of carbonyl (C=O) groups is 2. The molecule has 0 unspecified atom stereocenters. The average Bonchev–Trinajstić information content (AvgIpc) is 3.09. The Kier molecular flexibility index (Phi) is 4.63. The van der Waals surface area contributed by atoms with E-state index in [-0.39, 0.29) is 28.8 Å². The van der Waals surface area contributed by atoms with E-state index in [0.29, 0.717) is 25.2 Å². The van der Waals surface area contributed by atoms with E-state index in [4.69, 9.17) is 0 Å². The number of carbonyl (C=O) groups excluding carboxylic acids is 2. The highest BCUT2D eigenvalue weighted by molar-refractivity contribution is 7.07. The van der Waals surface area contributed by atoms with Gasteiger partial charge in [-0.25, -0.2) is 0 Å². The molecule has 142 valence electrons. The van der Waals surface area contributed by atoms with Gasteiger partial charge in [0.15, 0.2) is 0 Å². The number of thiophene rings is 1. The first kappa shape index (κ1) is 18.0. The number of nitrogens with zero attached hydrogens (tertiary/aromatic N) is 2. The molecule has 27 heavy (non-hydrogen) atoms. The van der Waals surface area contributed by atoms with E-state index < -0.39 is 0 Å². The van der Waals surface area contributed by atoms with E-state index in [1.54, 1.807) is 24.3 Å². The summed E-state index contributed by atoms with van der Waals surface area (Å²) in [5.41, 5.74) is 1.65. The molecule has 2 aliphatic rings. The zero-order chi connectivity index (χ0) is 19.0. The number of piperidine rings is 1. The minimum atomic E-state index is -0.208. The van der Waals surface area contributed by atoms with Gasteiger partial charge in [-0.05, 0) is 53.1 Å². The molecule has 2 aromatic rings. The lowest BCUT2D eigenvalue weighted by atomic mass is 9.92. The van der Waals surface area contributed by atoms with Crippen LogP contribution in [0.1, 0.15) is 42.1 Å². The summed E-state index contributed by atoms with van der Waals surface area (Å²) in [6.45, 7) is 3.70. The molecule has 4 rings (SSSR count). The van der Waals surface area contributed by atoms with Gasteiger partial charge in [-0.2, -0.15) is 11.3 Å². The lowest BCUT2D eigenvalue weighted by molar-refractivity contribution is -0.130. The summed E-state index contributed by atoms with van der Waals surface area (Å²) in [5, 5.41) is 4.13. The number of likely N-dealkylation sites (tertiary alicyclic amines) is 1. The zero-order valence-electron chi connectivity index (χ0n) is 15.3. The van der Waals surface area contributed by atoms with Gasteiger partial charge in [-0.3, -0.25) is 14.4 Å². The minimum absolute atomic E-state index is 0.0417. The van der Waals surface area contributed by atoms with Crippen LogP contribution in [0, 0.1) is 5.41 Å². The number of aromatic nitrogens is 1. The molecule has 7 heteroatoms.